The molecule has 29 heavy (non-hydrogen) atoms. The van der Waals surface area contributed by atoms with Gasteiger partial charge >= 0.3 is 0 Å². The summed E-state index contributed by atoms with van der Waals surface area (Å²) in [7, 11) is -3.33. The maximum Gasteiger partial charge on any atom is 0.226 e. The lowest BCUT2D eigenvalue weighted by Crippen LogP contribution is -2.50. The van der Waals surface area contributed by atoms with Crippen LogP contribution in [-0.4, -0.2) is 48.7 Å². The standard InChI is InChI=1S/C23H34N2O3S/c26-23(25(21-10-4-5-11-21)22-12-6-7-13-22)20-14-16-24(17-15-20)29(27,28)18-19-8-2-1-3-9-19/h1-3,8-9,20-22H,4-7,10-18H2. The molecule has 4 rings (SSSR count). The van der Waals surface area contributed by atoms with Gasteiger partial charge in [0.15, 0.2) is 0 Å². The van der Waals surface area contributed by atoms with Gasteiger partial charge in [0.2, 0.25) is 15.9 Å². The third-order valence-corrected chi connectivity index (χ3v) is 8.93. The second-order valence-electron chi connectivity index (χ2n) is 9.04. The molecule has 0 spiro atoms. The van der Waals surface area contributed by atoms with Gasteiger partial charge in [-0.2, -0.15) is 0 Å². The van der Waals surface area contributed by atoms with Crippen LogP contribution in [0.4, 0.5) is 0 Å². The Morgan fingerprint density at radius 1 is 0.862 bits per heavy atom. The lowest BCUT2D eigenvalue weighted by Gasteiger charge is -2.39. The van der Waals surface area contributed by atoms with E-state index in [2.05, 4.69) is 4.90 Å². The largest absolute Gasteiger partial charge is 0.336 e. The van der Waals surface area contributed by atoms with Crippen molar-refractivity contribution in [2.75, 3.05) is 13.1 Å². The van der Waals surface area contributed by atoms with Crippen LogP contribution in [0, 0.1) is 5.92 Å². The highest BCUT2D eigenvalue weighted by atomic mass is 32.2. The molecule has 160 valence electrons. The summed E-state index contributed by atoms with van der Waals surface area (Å²) in [6.07, 6.45) is 10.8. The van der Waals surface area contributed by atoms with Crippen LogP contribution in [0.15, 0.2) is 30.3 Å². The van der Waals surface area contributed by atoms with Gasteiger partial charge in [0.05, 0.1) is 5.75 Å². The molecule has 0 unspecified atom stereocenters. The minimum atomic E-state index is -3.33. The molecule has 1 heterocycles. The number of carbonyl (C=O) groups excluding carboxylic acids is 1. The average molecular weight is 419 g/mol. The number of carbonyl (C=O) groups is 1. The van der Waals surface area contributed by atoms with E-state index in [1.807, 2.05) is 30.3 Å². The van der Waals surface area contributed by atoms with E-state index in [0.717, 1.165) is 31.2 Å². The number of benzene rings is 1. The van der Waals surface area contributed by atoms with Gasteiger partial charge in [-0.3, -0.25) is 4.79 Å². The fourth-order valence-electron chi connectivity index (χ4n) is 5.49. The average Bonchev–Trinajstić information content (AvgIpc) is 3.44. The normalized spacial score (nSPS) is 22.9. The third kappa shape index (κ3) is 4.85. The molecule has 0 N–H and O–H groups in total. The van der Waals surface area contributed by atoms with Crippen LogP contribution in [0.25, 0.3) is 0 Å². The summed E-state index contributed by atoms with van der Waals surface area (Å²) in [4.78, 5) is 15.7. The van der Waals surface area contributed by atoms with Crippen LogP contribution in [0.5, 0.6) is 0 Å². The van der Waals surface area contributed by atoms with Crippen LogP contribution in [0.1, 0.15) is 69.8 Å². The predicted molar refractivity (Wildman–Crippen MR) is 115 cm³/mol. The van der Waals surface area contributed by atoms with Crippen molar-refractivity contribution in [2.24, 2.45) is 5.92 Å². The predicted octanol–water partition coefficient (Wildman–Crippen LogP) is 3.94. The van der Waals surface area contributed by atoms with Crippen LogP contribution >= 0.6 is 0 Å². The molecule has 3 fully saturated rings. The Bertz CT molecular complexity index is 760. The molecule has 0 radical (unpaired) electrons. The van der Waals surface area contributed by atoms with Gasteiger partial charge < -0.3 is 4.90 Å². The fourth-order valence-corrected chi connectivity index (χ4v) is 7.05. The summed E-state index contributed by atoms with van der Waals surface area (Å²) in [5.41, 5.74) is 0.819. The van der Waals surface area contributed by atoms with E-state index in [4.69, 9.17) is 0 Å². The number of rotatable bonds is 6. The fraction of sp³-hybridized carbons (Fsp3) is 0.696. The number of amides is 1. The van der Waals surface area contributed by atoms with Crippen LogP contribution in [-0.2, 0) is 20.6 Å². The van der Waals surface area contributed by atoms with Crippen molar-refractivity contribution in [1.29, 1.82) is 0 Å². The summed E-state index contributed by atoms with van der Waals surface area (Å²) in [5, 5.41) is 0. The Balaban J connectivity index is 1.38. The molecule has 6 heteroatoms. The zero-order valence-electron chi connectivity index (χ0n) is 17.3. The van der Waals surface area contributed by atoms with Gasteiger partial charge in [-0.15, -0.1) is 0 Å². The Labute approximate surface area is 175 Å². The summed E-state index contributed by atoms with van der Waals surface area (Å²) in [5.74, 6) is 0.339. The van der Waals surface area contributed by atoms with E-state index in [9.17, 15) is 13.2 Å². The first-order chi connectivity index (χ1) is 14.0. The van der Waals surface area contributed by atoms with Gasteiger partial charge in [-0.25, -0.2) is 12.7 Å². The minimum absolute atomic E-state index is 0.0145. The van der Waals surface area contributed by atoms with E-state index >= 15 is 0 Å². The molecule has 1 aromatic rings. The number of nitrogens with zero attached hydrogens (tertiary/aromatic N) is 2. The van der Waals surface area contributed by atoms with Crippen LogP contribution in [0.2, 0.25) is 0 Å². The maximum absolute atomic E-state index is 13.5. The first-order valence-electron chi connectivity index (χ1n) is 11.4. The second kappa shape index (κ2) is 9.17. The number of piperidine rings is 1. The number of hydrogen-bond acceptors (Lipinski definition) is 3. The van der Waals surface area contributed by atoms with E-state index in [1.54, 1.807) is 4.31 Å². The molecular weight excluding hydrogens is 384 g/mol. The van der Waals surface area contributed by atoms with Gasteiger partial charge in [-0.1, -0.05) is 56.0 Å². The summed E-state index contributed by atoms with van der Waals surface area (Å²) in [6.45, 7) is 0.934. The first kappa shape index (κ1) is 20.9. The van der Waals surface area contributed by atoms with E-state index in [-0.39, 0.29) is 11.7 Å². The Hall–Kier alpha value is -1.40. The van der Waals surface area contributed by atoms with Gasteiger partial charge in [-0.05, 0) is 44.1 Å². The zero-order valence-corrected chi connectivity index (χ0v) is 18.2. The zero-order chi connectivity index (χ0) is 20.3. The summed E-state index contributed by atoms with van der Waals surface area (Å²) >= 11 is 0. The lowest BCUT2D eigenvalue weighted by molar-refractivity contribution is -0.141. The van der Waals surface area contributed by atoms with Crippen molar-refractivity contribution in [2.45, 2.75) is 82.0 Å². The number of hydrogen-bond donors (Lipinski definition) is 0. The highest BCUT2D eigenvalue weighted by Gasteiger charge is 2.39. The highest BCUT2D eigenvalue weighted by molar-refractivity contribution is 7.88. The van der Waals surface area contributed by atoms with Crippen molar-refractivity contribution in [3.63, 3.8) is 0 Å². The molecule has 0 bridgehead atoms. The molecule has 0 atom stereocenters. The van der Waals surface area contributed by atoms with Crippen molar-refractivity contribution in [1.82, 2.24) is 9.21 Å². The lowest BCUT2D eigenvalue weighted by atomic mass is 9.94. The third-order valence-electron chi connectivity index (χ3n) is 7.08. The molecule has 1 amide bonds. The molecule has 5 nitrogen and oxygen atoms in total. The first-order valence-corrected chi connectivity index (χ1v) is 13.0. The molecule has 2 saturated carbocycles. The van der Waals surface area contributed by atoms with E-state index in [1.165, 1.54) is 25.7 Å². The van der Waals surface area contributed by atoms with Gasteiger partial charge in [0.1, 0.15) is 0 Å². The van der Waals surface area contributed by atoms with Crippen LogP contribution in [0.3, 0.4) is 0 Å². The molecule has 3 aliphatic rings. The second-order valence-corrected chi connectivity index (χ2v) is 11.0. The van der Waals surface area contributed by atoms with Crippen molar-refractivity contribution in [3.05, 3.63) is 35.9 Å². The summed E-state index contributed by atoms with van der Waals surface area (Å²) < 4.78 is 27.2. The molecule has 0 aromatic heterocycles. The maximum atomic E-state index is 13.5. The van der Waals surface area contributed by atoms with Crippen LogP contribution < -0.4 is 0 Å². The van der Waals surface area contributed by atoms with E-state index < -0.39 is 10.0 Å². The Kier molecular flexibility index (Phi) is 6.60. The molecule has 1 aliphatic heterocycles. The van der Waals surface area contributed by atoms with Gasteiger partial charge in [0.25, 0.3) is 0 Å². The Morgan fingerprint density at radius 3 is 1.90 bits per heavy atom. The van der Waals surface area contributed by atoms with Gasteiger partial charge in [0, 0.05) is 31.1 Å². The smallest absolute Gasteiger partial charge is 0.226 e. The van der Waals surface area contributed by atoms with Crippen molar-refractivity contribution in [3.8, 4) is 0 Å². The van der Waals surface area contributed by atoms with Crippen molar-refractivity contribution >= 4 is 15.9 Å². The molecular formula is C23H34N2O3S. The molecule has 1 aromatic carbocycles. The number of sulfonamides is 1. The Morgan fingerprint density at radius 2 is 1.38 bits per heavy atom. The van der Waals surface area contributed by atoms with Crippen molar-refractivity contribution < 1.29 is 13.2 Å². The monoisotopic (exact) mass is 418 g/mol. The summed E-state index contributed by atoms with van der Waals surface area (Å²) in [6, 6.07) is 10.2. The SMILES string of the molecule is O=C(C1CCN(S(=O)(=O)Cc2ccccc2)CC1)N(C1CCCC1)C1CCCC1. The minimum Gasteiger partial charge on any atom is -0.336 e. The molecule has 2 aliphatic carbocycles. The quantitative estimate of drug-likeness (QED) is 0.703. The molecule has 1 saturated heterocycles. The van der Waals surface area contributed by atoms with E-state index in [0.29, 0.717) is 43.9 Å². The highest BCUT2D eigenvalue weighted by Crippen LogP contribution is 2.34. The topological polar surface area (TPSA) is 57.7 Å².